The lowest BCUT2D eigenvalue weighted by Crippen LogP contribution is -2.30. The smallest absolute Gasteiger partial charge is 0.319 e. The van der Waals surface area contributed by atoms with Crippen LogP contribution in [0.4, 0.5) is 16.2 Å². The summed E-state index contributed by atoms with van der Waals surface area (Å²) in [6.45, 7) is 8.92. The standard InChI is InChI=1S/C22H28BrN3O3/c1-15(27)25-17-7-5-8-18(14-17)26-21(28)24-11-6-12-29-20-10-9-16(13-19(20)23)22(2,3)4/h5,7-10,13-14H,6,11-12H2,1-4H3,(H,25,27)(H2,24,26,28). The fourth-order valence-corrected chi connectivity index (χ4v) is 3.09. The Bertz CT molecular complexity index is 863. The number of halogens is 1. The van der Waals surface area contributed by atoms with Crippen molar-refractivity contribution < 1.29 is 14.3 Å². The molecule has 0 radical (unpaired) electrons. The molecule has 0 unspecified atom stereocenters. The van der Waals surface area contributed by atoms with Crippen LogP contribution in [0.1, 0.15) is 39.7 Å². The number of benzene rings is 2. The van der Waals surface area contributed by atoms with Gasteiger partial charge in [-0.3, -0.25) is 4.79 Å². The number of urea groups is 1. The van der Waals surface area contributed by atoms with Gasteiger partial charge >= 0.3 is 6.03 Å². The van der Waals surface area contributed by atoms with Crippen LogP contribution in [0.5, 0.6) is 5.75 Å². The maximum Gasteiger partial charge on any atom is 0.319 e. The molecule has 2 aromatic carbocycles. The first-order valence-corrected chi connectivity index (χ1v) is 10.3. The second-order valence-corrected chi connectivity index (χ2v) is 8.59. The van der Waals surface area contributed by atoms with Gasteiger partial charge in [0.05, 0.1) is 11.1 Å². The number of carbonyl (C=O) groups excluding carboxylic acids is 2. The highest BCUT2D eigenvalue weighted by atomic mass is 79.9. The van der Waals surface area contributed by atoms with Crippen molar-refractivity contribution in [3.63, 3.8) is 0 Å². The largest absolute Gasteiger partial charge is 0.492 e. The van der Waals surface area contributed by atoms with Crippen LogP contribution in [0.15, 0.2) is 46.9 Å². The van der Waals surface area contributed by atoms with Crippen molar-refractivity contribution in [3.8, 4) is 5.75 Å². The van der Waals surface area contributed by atoms with Crippen LogP contribution in [0.3, 0.4) is 0 Å². The molecule has 0 aliphatic rings. The minimum Gasteiger partial charge on any atom is -0.492 e. The van der Waals surface area contributed by atoms with Crippen LogP contribution < -0.4 is 20.7 Å². The Labute approximate surface area is 180 Å². The first-order valence-electron chi connectivity index (χ1n) is 9.50. The maximum absolute atomic E-state index is 12.0. The summed E-state index contributed by atoms with van der Waals surface area (Å²) < 4.78 is 6.72. The Balaban J connectivity index is 1.73. The van der Waals surface area contributed by atoms with Gasteiger partial charge in [-0.15, -0.1) is 0 Å². The maximum atomic E-state index is 12.0. The van der Waals surface area contributed by atoms with Crippen molar-refractivity contribution in [3.05, 3.63) is 52.5 Å². The zero-order valence-corrected chi connectivity index (χ0v) is 18.9. The van der Waals surface area contributed by atoms with Crippen molar-refractivity contribution in [1.29, 1.82) is 0 Å². The van der Waals surface area contributed by atoms with Crippen molar-refractivity contribution in [2.75, 3.05) is 23.8 Å². The van der Waals surface area contributed by atoms with E-state index in [0.29, 0.717) is 30.9 Å². The van der Waals surface area contributed by atoms with E-state index in [0.717, 1.165) is 10.2 Å². The molecule has 0 aliphatic heterocycles. The Hall–Kier alpha value is -2.54. The fraction of sp³-hybridized carbons (Fsp3) is 0.364. The molecule has 0 saturated carbocycles. The molecule has 29 heavy (non-hydrogen) atoms. The molecular weight excluding hydrogens is 434 g/mol. The van der Waals surface area contributed by atoms with Crippen molar-refractivity contribution in [2.45, 2.75) is 39.5 Å². The van der Waals surface area contributed by atoms with E-state index in [1.165, 1.54) is 12.5 Å². The summed E-state index contributed by atoms with van der Waals surface area (Å²) in [5.74, 6) is 0.628. The average molecular weight is 462 g/mol. The van der Waals surface area contributed by atoms with Gasteiger partial charge < -0.3 is 20.7 Å². The highest BCUT2D eigenvalue weighted by Crippen LogP contribution is 2.31. The fourth-order valence-electron chi connectivity index (χ4n) is 2.59. The van der Waals surface area contributed by atoms with Gasteiger partial charge in [0, 0.05) is 24.8 Å². The first kappa shape index (κ1) is 22.7. The lowest BCUT2D eigenvalue weighted by molar-refractivity contribution is -0.114. The third-order valence-corrected chi connectivity index (χ3v) is 4.72. The SMILES string of the molecule is CC(=O)Nc1cccc(NC(=O)NCCCOc2ccc(C(C)(C)C)cc2Br)c1. The highest BCUT2D eigenvalue weighted by Gasteiger charge is 2.15. The third-order valence-electron chi connectivity index (χ3n) is 4.10. The van der Waals surface area contributed by atoms with Gasteiger partial charge in [0.1, 0.15) is 5.75 Å². The lowest BCUT2D eigenvalue weighted by Gasteiger charge is -2.20. The van der Waals surface area contributed by atoms with Crippen molar-refractivity contribution in [1.82, 2.24) is 5.32 Å². The zero-order valence-electron chi connectivity index (χ0n) is 17.3. The third kappa shape index (κ3) is 7.77. The molecule has 0 aliphatic carbocycles. The summed E-state index contributed by atoms with van der Waals surface area (Å²) in [5, 5.41) is 8.22. The number of carbonyl (C=O) groups is 2. The van der Waals surface area contributed by atoms with E-state index in [9.17, 15) is 9.59 Å². The average Bonchev–Trinajstić information content (AvgIpc) is 2.61. The predicted molar refractivity (Wildman–Crippen MR) is 121 cm³/mol. The number of anilines is 2. The molecule has 7 heteroatoms. The number of amides is 3. The summed E-state index contributed by atoms with van der Waals surface area (Å²) in [7, 11) is 0. The van der Waals surface area contributed by atoms with E-state index < -0.39 is 0 Å². The summed E-state index contributed by atoms with van der Waals surface area (Å²) >= 11 is 3.56. The molecule has 0 atom stereocenters. The van der Waals surface area contributed by atoms with E-state index >= 15 is 0 Å². The Morgan fingerprint density at radius 3 is 2.34 bits per heavy atom. The van der Waals surface area contributed by atoms with Crippen molar-refractivity contribution in [2.24, 2.45) is 0 Å². The highest BCUT2D eigenvalue weighted by molar-refractivity contribution is 9.10. The molecule has 0 spiro atoms. The molecule has 3 N–H and O–H groups in total. The second-order valence-electron chi connectivity index (χ2n) is 7.74. The van der Waals surface area contributed by atoms with Crippen LogP contribution in [0.25, 0.3) is 0 Å². The van der Waals surface area contributed by atoms with Crippen LogP contribution in [-0.4, -0.2) is 25.1 Å². The zero-order chi connectivity index (χ0) is 21.4. The van der Waals surface area contributed by atoms with Crippen molar-refractivity contribution >= 4 is 39.2 Å². The van der Waals surface area contributed by atoms with Gasteiger partial charge in [0.2, 0.25) is 5.91 Å². The van der Waals surface area contributed by atoms with Crippen LogP contribution in [0, 0.1) is 0 Å². The Morgan fingerprint density at radius 1 is 1.03 bits per heavy atom. The molecular formula is C22H28BrN3O3. The molecule has 0 aromatic heterocycles. The quantitative estimate of drug-likeness (QED) is 0.489. The summed E-state index contributed by atoms with van der Waals surface area (Å²) in [4.78, 5) is 23.1. The van der Waals surface area contributed by atoms with E-state index in [4.69, 9.17) is 4.74 Å². The summed E-state index contributed by atoms with van der Waals surface area (Å²) in [6.07, 6.45) is 0.673. The number of ether oxygens (including phenoxy) is 1. The molecule has 2 aromatic rings. The van der Waals surface area contributed by atoms with Gasteiger partial charge in [0.25, 0.3) is 0 Å². The number of hydrogen-bond donors (Lipinski definition) is 3. The second kappa shape index (κ2) is 10.3. The van der Waals surface area contributed by atoms with Gasteiger partial charge in [-0.1, -0.05) is 32.9 Å². The number of hydrogen-bond acceptors (Lipinski definition) is 3. The first-order chi connectivity index (χ1) is 13.6. The molecule has 0 bridgehead atoms. The van der Waals surface area contributed by atoms with Crippen LogP contribution in [-0.2, 0) is 10.2 Å². The van der Waals surface area contributed by atoms with Crippen LogP contribution in [0.2, 0.25) is 0 Å². The molecule has 6 nitrogen and oxygen atoms in total. The monoisotopic (exact) mass is 461 g/mol. The molecule has 0 saturated heterocycles. The topological polar surface area (TPSA) is 79.5 Å². The minimum absolute atomic E-state index is 0.0833. The van der Waals surface area contributed by atoms with Crippen LogP contribution >= 0.6 is 15.9 Å². The Morgan fingerprint density at radius 2 is 1.72 bits per heavy atom. The predicted octanol–water partition coefficient (Wildman–Crippen LogP) is 5.30. The van der Waals surface area contributed by atoms with E-state index in [2.05, 4.69) is 64.8 Å². The van der Waals surface area contributed by atoms with Gasteiger partial charge in [-0.05, 0) is 63.7 Å². The van der Waals surface area contributed by atoms with E-state index in [-0.39, 0.29) is 17.4 Å². The molecule has 156 valence electrons. The Kier molecular flexibility index (Phi) is 8.08. The normalized spacial score (nSPS) is 10.9. The molecule has 0 fully saturated rings. The van der Waals surface area contributed by atoms with E-state index in [1.54, 1.807) is 24.3 Å². The summed E-state index contributed by atoms with van der Waals surface area (Å²) in [5.41, 5.74) is 2.55. The van der Waals surface area contributed by atoms with Gasteiger partial charge in [-0.25, -0.2) is 4.79 Å². The van der Waals surface area contributed by atoms with Gasteiger partial charge in [0.15, 0.2) is 0 Å². The lowest BCUT2D eigenvalue weighted by atomic mass is 9.87. The summed E-state index contributed by atoms with van der Waals surface area (Å²) in [6, 6.07) is 12.8. The van der Waals surface area contributed by atoms with E-state index in [1.807, 2.05) is 6.07 Å². The molecule has 3 amide bonds. The number of rotatable bonds is 7. The minimum atomic E-state index is -0.305. The molecule has 0 heterocycles. The van der Waals surface area contributed by atoms with Gasteiger partial charge in [-0.2, -0.15) is 0 Å². The molecule has 2 rings (SSSR count). The number of nitrogens with one attached hydrogen (secondary N) is 3.